The monoisotopic (exact) mass is 445 g/mol. The van der Waals surface area contributed by atoms with Crippen LogP contribution in [0.15, 0.2) is 68.6 Å². The molecule has 142 valence electrons. The molecular formula is C19H13BrFN3O4. The van der Waals surface area contributed by atoms with E-state index >= 15 is 0 Å². The van der Waals surface area contributed by atoms with Crippen molar-refractivity contribution in [3.05, 3.63) is 86.3 Å². The lowest BCUT2D eigenvalue weighted by molar-refractivity contribution is -0.384. The molecule has 0 radical (unpaired) electrons. The Morgan fingerprint density at radius 2 is 1.96 bits per heavy atom. The van der Waals surface area contributed by atoms with Gasteiger partial charge in [-0.3, -0.25) is 14.9 Å². The van der Waals surface area contributed by atoms with Gasteiger partial charge in [-0.2, -0.15) is 5.10 Å². The van der Waals surface area contributed by atoms with E-state index in [1.807, 2.05) is 0 Å². The number of hydrogen-bond donors (Lipinski definition) is 1. The number of carbonyl (C=O) groups excluding carboxylic acids is 1. The average molecular weight is 446 g/mol. The maximum Gasteiger partial charge on any atom is 0.270 e. The van der Waals surface area contributed by atoms with Crippen molar-refractivity contribution in [1.82, 2.24) is 5.43 Å². The van der Waals surface area contributed by atoms with Crippen LogP contribution in [0.2, 0.25) is 0 Å². The zero-order valence-electron chi connectivity index (χ0n) is 14.3. The van der Waals surface area contributed by atoms with Gasteiger partial charge >= 0.3 is 0 Å². The van der Waals surface area contributed by atoms with Crippen molar-refractivity contribution < 1.29 is 18.5 Å². The highest BCUT2D eigenvalue weighted by molar-refractivity contribution is 9.10. The Morgan fingerprint density at radius 3 is 2.64 bits per heavy atom. The fourth-order valence-electron chi connectivity index (χ4n) is 2.38. The summed E-state index contributed by atoms with van der Waals surface area (Å²) in [5.74, 6) is 0.159. The minimum Gasteiger partial charge on any atom is -0.455 e. The molecule has 1 amide bonds. The van der Waals surface area contributed by atoms with Gasteiger partial charge in [0.25, 0.3) is 5.69 Å². The lowest BCUT2D eigenvalue weighted by Gasteiger charge is -2.01. The average Bonchev–Trinajstić information content (AvgIpc) is 3.12. The number of nitrogens with zero attached hydrogens (tertiary/aromatic N) is 2. The third-order valence-electron chi connectivity index (χ3n) is 3.71. The minimum atomic E-state index is -0.483. The van der Waals surface area contributed by atoms with Crippen molar-refractivity contribution in [1.29, 1.82) is 0 Å². The van der Waals surface area contributed by atoms with Crippen LogP contribution in [0.5, 0.6) is 0 Å². The van der Waals surface area contributed by atoms with Crippen molar-refractivity contribution in [3.8, 4) is 11.3 Å². The quantitative estimate of drug-likeness (QED) is 0.344. The van der Waals surface area contributed by atoms with Crippen LogP contribution in [-0.4, -0.2) is 17.0 Å². The van der Waals surface area contributed by atoms with Crippen LogP contribution in [0.4, 0.5) is 10.1 Å². The van der Waals surface area contributed by atoms with E-state index in [0.717, 1.165) is 0 Å². The van der Waals surface area contributed by atoms with Crippen LogP contribution in [0.1, 0.15) is 11.3 Å². The lowest BCUT2D eigenvalue weighted by atomic mass is 10.1. The molecule has 0 saturated carbocycles. The molecule has 0 bridgehead atoms. The van der Waals surface area contributed by atoms with Crippen molar-refractivity contribution >= 4 is 33.7 Å². The molecule has 0 spiro atoms. The Morgan fingerprint density at radius 1 is 1.21 bits per heavy atom. The maximum atomic E-state index is 12.9. The summed E-state index contributed by atoms with van der Waals surface area (Å²) >= 11 is 3.29. The number of non-ortho nitro benzene ring substituents is 1. The van der Waals surface area contributed by atoms with Gasteiger partial charge < -0.3 is 4.42 Å². The molecule has 9 heteroatoms. The summed E-state index contributed by atoms with van der Waals surface area (Å²) in [5, 5.41) is 14.6. The number of hydrazone groups is 1. The Balaban J connectivity index is 1.62. The minimum absolute atomic E-state index is 0.0344. The number of nitro benzene ring substituents is 1. The Labute approximate surface area is 167 Å². The maximum absolute atomic E-state index is 12.9. The highest BCUT2D eigenvalue weighted by atomic mass is 79.9. The van der Waals surface area contributed by atoms with E-state index in [1.165, 1.54) is 42.6 Å². The highest BCUT2D eigenvalue weighted by Crippen LogP contribution is 2.32. The summed E-state index contributed by atoms with van der Waals surface area (Å²) in [6, 6.07) is 13.3. The third-order valence-corrected chi connectivity index (χ3v) is 4.37. The topological polar surface area (TPSA) is 97.7 Å². The second-order valence-electron chi connectivity index (χ2n) is 5.72. The van der Waals surface area contributed by atoms with Gasteiger partial charge in [-0.15, -0.1) is 0 Å². The van der Waals surface area contributed by atoms with Crippen molar-refractivity contribution in [2.75, 3.05) is 0 Å². The molecule has 3 aromatic rings. The van der Waals surface area contributed by atoms with Crippen molar-refractivity contribution in [2.24, 2.45) is 5.10 Å². The molecule has 0 aliphatic rings. The molecule has 2 aromatic carbocycles. The summed E-state index contributed by atoms with van der Waals surface area (Å²) in [5.41, 5.74) is 3.64. The first-order valence-electron chi connectivity index (χ1n) is 8.03. The van der Waals surface area contributed by atoms with Crippen LogP contribution in [0.25, 0.3) is 11.3 Å². The number of amides is 1. The Hall–Kier alpha value is -3.33. The van der Waals surface area contributed by atoms with E-state index in [9.17, 15) is 19.3 Å². The summed E-state index contributed by atoms with van der Waals surface area (Å²) in [6.07, 6.45) is 1.40. The van der Waals surface area contributed by atoms with E-state index in [0.29, 0.717) is 27.1 Å². The smallest absolute Gasteiger partial charge is 0.270 e. The van der Waals surface area contributed by atoms with Crippen molar-refractivity contribution in [3.63, 3.8) is 0 Å². The fraction of sp³-hybridized carbons (Fsp3) is 0.0526. The van der Waals surface area contributed by atoms with Crippen LogP contribution in [0, 0.1) is 15.9 Å². The highest BCUT2D eigenvalue weighted by Gasteiger charge is 2.13. The molecule has 0 atom stereocenters. The molecule has 1 aromatic heterocycles. The lowest BCUT2D eigenvalue weighted by Crippen LogP contribution is -2.19. The van der Waals surface area contributed by atoms with Gasteiger partial charge in [0.05, 0.1) is 17.6 Å². The summed E-state index contributed by atoms with van der Waals surface area (Å²) < 4.78 is 19.0. The van der Waals surface area contributed by atoms with E-state index in [2.05, 4.69) is 26.5 Å². The normalized spacial score (nSPS) is 10.9. The zero-order chi connectivity index (χ0) is 20.1. The molecule has 0 fully saturated rings. The molecule has 0 aliphatic carbocycles. The largest absolute Gasteiger partial charge is 0.455 e. The van der Waals surface area contributed by atoms with Crippen LogP contribution in [0.3, 0.4) is 0 Å². The third kappa shape index (κ3) is 4.89. The van der Waals surface area contributed by atoms with Gasteiger partial charge in [0, 0.05) is 22.2 Å². The number of rotatable bonds is 6. The number of benzene rings is 2. The SMILES string of the molecule is O=C(Cc1ccc(F)cc1)N/N=C\c1ccc(-c2ccc([N+](=O)[O-])cc2Br)o1. The van der Waals surface area contributed by atoms with E-state index in [1.54, 1.807) is 18.2 Å². The summed E-state index contributed by atoms with van der Waals surface area (Å²) in [4.78, 5) is 22.2. The first-order valence-corrected chi connectivity index (χ1v) is 8.82. The Bertz CT molecular complexity index is 1050. The van der Waals surface area contributed by atoms with Crippen LogP contribution >= 0.6 is 15.9 Å². The van der Waals surface area contributed by atoms with E-state index in [4.69, 9.17) is 4.42 Å². The second kappa shape index (κ2) is 8.57. The van der Waals surface area contributed by atoms with Gasteiger partial charge in [-0.05, 0) is 51.8 Å². The molecule has 7 nitrogen and oxygen atoms in total. The fourth-order valence-corrected chi connectivity index (χ4v) is 2.94. The van der Waals surface area contributed by atoms with E-state index in [-0.39, 0.29) is 23.8 Å². The first kappa shape index (κ1) is 19.4. The van der Waals surface area contributed by atoms with Crippen LogP contribution in [-0.2, 0) is 11.2 Å². The number of furan rings is 1. The predicted molar refractivity (Wildman–Crippen MR) is 104 cm³/mol. The molecule has 1 heterocycles. The number of halogens is 2. The zero-order valence-corrected chi connectivity index (χ0v) is 15.8. The van der Waals surface area contributed by atoms with Gasteiger partial charge in [-0.1, -0.05) is 12.1 Å². The Kier molecular flexibility index (Phi) is 5.95. The van der Waals surface area contributed by atoms with E-state index < -0.39 is 4.92 Å². The van der Waals surface area contributed by atoms with Gasteiger partial charge in [-0.25, -0.2) is 9.82 Å². The molecule has 0 aliphatic heterocycles. The molecule has 3 rings (SSSR count). The predicted octanol–water partition coefficient (Wildman–Crippen LogP) is 4.45. The molecule has 1 N–H and O–H groups in total. The number of nitro groups is 1. The molecule has 28 heavy (non-hydrogen) atoms. The van der Waals surface area contributed by atoms with Crippen molar-refractivity contribution in [2.45, 2.75) is 6.42 Å². The van der Waals surface area contributed by atoms with Gasteiger partial charge in [0.15, 0.2) is 0 Å². The second-order valence-corrected chi connectivity index (χ2v) is 6.57. The number of hydrogen-bond acceptors (Lipinski definition) is 5. The number of nitrogens with one attached hydrogen (secondary N) is 1. The van der Waals surface area contributed by atoms with Crippen LogP contribution < -0.4 is 5.43 Å². The molecule has 0 saturated heterocycles. The number of carbonyl (C=O) groups is 1. The standard InChI is InChI=1S/C19H13BrFN3O4/c20-17-10-14(24(26)27)5-7-16(17)18-8-6-15(28-18)11-22-23-19(25)9-12-1-3-13(21)4-2-12/h1-8,10-11H,9H2,(H,23,25)/b22-11-. The first-order chi connectivity index (χ1) is 13.4. The van der Waals surface area contributed by atoms with Gasteiger partial charge in [0.2, 0.25) is 5.91 Å². The molecular weight excluding hydrogens is 433 g/mol. The molecule has 0 unspecified atom stereocenters. The van der Waals surface area contributed by atoms with Gasteiger partial charge in [0.1, 0.15) is 17.3 Å². The summed E-state index contributed by atoms with van der Waals surface area (Å²) in [7, 11) is 0. The summed E-state index contributed by atoms with van der Waals surface area (Å²) in [6.45, 7) is 0.